The molecule has 0 aliphatic carbocycles. The van der Waals surface area contributed by atoms with E-state index in [9.17, 15) is 4.79 Å². The molecule has 0 aromatic heterocycles. The van der Waals surface area contributed by atoms with Gasteiger partial charge in [-0.25, -0.2) is 0 Å². The highest BCUT2D eigenvalue weighted by atomic mass is 16.1. The molecular formula is C15H19N3O. The number of carbonyl (C=O) groups excluding carboxylic acids is 1. The van der Waals surface area contributed by atoms with Crippen molar-refractivity contribution >= 4 is 11.6 Å². The number of nitrogens with zero attached hydrogens (tertiary/aromatic N) is 1. The number of hydrogen-bond acceptors (Lipinski definition) is 3. The molecule has 0 radical (unpaired) electrons. The van der Waals surface area contributed by atoms with Crippen LogP contribution in [0.5, 0.6) is 0 Å². The monoisotopic (exact) mass is 257 g/mol. The molecule has 1 amide bonds. The van der Waals surface area contributed by atoms with Crippen molar-refractivity contribution in [3.05, 3.63) is 29.3 Å². The van der Waals surface area contributed by atoms with Crippen LogP contribution >= 0.6 is 0 Å². The summed E-state index contributed by atoms with van der Waals surface area (Å²) in [7, 11) is 0. The maximum absolute atomic E-state index is 11.3. The van der Waals surface area contributed by atoms with Crippen LogP contribution in [0.1, 0.15) is 30.4 Å². The van der Waals surface area contributed by atoms with E-state index in [1.54, 1.807) is 0 Å². The van der Waals surface area contributed by atoms with E-state index in [1.165, 1.54) is 11.1 Å². The summed E-state index contributed by atoms with van der Waals surface area (Å²) in [6.45, 7) is 1.82. The number of benzene rings is 1. The maximum atomic E-state index is 11.3. The van der Waals surface area contributed by atoms with Crippen LogP contribution in [0.4, 0.5) is 5.69 Å². The smallest absolute Gasteiger partial charge is 0.224 e. The van der Waals surface area contributed by atoms with Gasteiger partial charge in [-0.2, -0.15) is 5.26 Å². The Bertz CT molecular complexity index is 491. The molecular weight excluding hydrogens is 238 g/mol. The minimum atomic E-state index is 0.111. The van der Waals surface area contributed by atoms with Crippen LogP contribution in [0, 0.1) is 11.3 Å². The van der Waals surface area contributed by atoms with Gasteiger partial charge in [0.2, 0.25) is 5.91 Å². The van der Waals surface area contributed by atoms with Crippen molar-refractivity contribution in [2.75, 3.05) is 18.4 Å². The molecule has 1 aliphatic heterocycles. The number of hydrogen-bond donors (Lipinski definition) is 2. The highest BCUT2D eigenvalue weighted by Gasteiger charge is 2.14. The van der Waals surface area contributed by atoms with Crippen LogP contribution in [-0.4, -0.2) is 19.0 Å². The van der Waals surface area contributed by atoms with Crippen molar-refractivity contribution in [1.82, 2.24) is 5.32 Å². The molecule has 4 nitrogen and oxygen atoms in total. The summed E-state index contributed by atoms with van der Waals surface area (Å²) in [6, 6.07) is 8.39. The fourth-order valence-corrected chi connectivity index (χ4v) is 2.24. The molecule has 1 aliphatic rings. The second-order valence-electron chi connectivity index (χ2n) is 4.80. The minimum Gasteiger partial charge on any atom is -0.326 e. The number of aryl methyl sites for hydroxylation is 1. The van der Waals surface area contributed by atoms with E-state index in [0.29, 0.717) is 12.8 Å². The fraction of sp³-hybridized carbons (Fsp3) is 0.467. The molecule has 0 saturated carbocycles. The van der Waals surface area contributed by atoms with Crippen LogP contribution in [0.3, 0.4) is 0 Å². The summed E-state index contributed by atoms with van der Waals surface area (Å²) >= 11 is 0. The normalized spacial score (nSPS) is 13.5. The van der Waals surface area contributed by atoms with E-state index in [4.69, 9.17) is 5.26 Å². The van der Waals surface area contributed by atoms with E-state index in [-0.39, 0.29) is 5.91 Å². The van der Waals surface area contributed by atoms with Gasteiger partial charge in [0.15, 0.2) is 0 Å². The van der Waals surface area contributed by atoms with Gasteiger partial charge in [0.05, 0.1) is 6.07 Å². The number of anilines is 1. The Morgan fingerprint density at radius 2 is 2.21 bits per heavy atom. The van der Waals surface area contributed by atoms with Gasteiger partial charge in [-0.3, -0.25) is 4.79 Å². The number of fused-ring (bicyclic) bond motifs is 1. The van der Waals surface area contributed by atoms with Gasteiger partial charge in [-0.15, -0.1) is 0 Å². The molecule has 19 heavy (non-hydrogen) atoms. The Balaban J connectivity index is 1.79. The average molecular weight is 257 g/mol. The van der Waals surface area contributed by atoms with Crippen molar-refractivity contribution in [2.45, 2.75) is 32.1 Å². The Morgan fingerprint density at radius 1 is 1.32 bits per heavy atom. The first-order valence-electron chi connectivity index (χ1n) is 6.79. The van der Waals surface area contributed by atoms with Crippen molar-refractivity contribution in [1.29, 1.82) is 5.26 Å². The molecule has 0 atom stereocenters. The second kappa shape index (κ2) is 6.91. The van der Waals surface area contributed by atoms with Crippen molar-refractivity contribution in [2.24, 2.45) is 0 Å². The predicted octanol–water partition coefficient (Wildman–Crippen LogP) is 2.01. The third kappa shape index (κ3) is 4.08. The van der Waals surface area contributed by atoms with Gasteiger partial charge in [0.1, 0.15) is 0 Å². The van der Waals surface area contributed by atoms with Crippen LogP contribution in [0.2, 0.25) is 0 Å². The summed E-state index contributed by atoms with van der Waals surface area (Å²) in [5.74, 6) is 0.111. The predicted molar refractivity (Wildman–Crippen MR) is 74.8 cm³/mol. The minimum absolute atomic E-state index is 0.111. The number of nitriles is 1. The number of nitrogens with one attached hydrogen (secondary N) is 2. The lowest BCUT2D eigenvalue weighted by molar-refractivity contribution is -0.116. The highest BCUT2D eigenvalue weighted by molar-refractivity contribution is 5.93. The van der Waals surface area contributed by atoms with E-state index in [0.717, 1.165) is 38.0 Å². The topological polar surface area (TPSA) is 64.9 Å². The number of rotatable bonds is 6. The fourth-order valence-electron chi connectivity index (χ4n) is 2.24. The van der Waals surface area contributed by atoms with Crippen LogP contribution in [0.15, 0.2) is 18.2 Å². The van der Waals surface area contributed by atoms with E-state index in [2.05, 4.69) is 28.8 Å². The Labute approximate surface area is 113 Å². The molecule has 0 bridgehead atoms. The molecule has 1 aromatic carbocycles. The number of amides is 1. The van der Waals surface area contributed by atoms with Crippen molar-refractivity contribution in [3.8, 4) is 6.07 Å². The van der Waals surface area contributed by atoms with Gasteiger partial charge >= 0.3 is 0 Å². The van der Waals surface area contributed by atoms with Crippen LogP contribution in [0.25, 0.3) is 0 Å². The lowest BCUT2D eigenvalue weighted by atomic mass is 9.99. The molecule has 100 valence electrons. The molecule has 1 heterocycles. The third-order valence-corrected chi connectivity index (χ3v) is 3.30. The number of carbonyl (C=O) groups is 1. The second-order valence-corrected chi connectivity index (χ2v) is 4.80. The van der Waals surface area contributed by atoms with E-state index in [1.807, 2.05) is 6.07 Å². The zero-order chi connectivity index (χ0) is 13.5. The largest absolute Gasteiger partial charge is 0.326 e. The van der Waals surface area contributed by atoms with Gasteiger partial charge in [-0.05, 0) is 49.5 Å². The number of unbranched alkanes of at least 4 members (excludes halogenated alkanes) is 1. The maximum Gasteiger partial charge on any atom is 0.224 e. The summed E-state index contributed by atoms with van der Waals surface area (Å²) in [5, 5.41) is 14.7. The zero-order valence-corrected chi connectivity index (χ0v) is 11.0. The quantitative estimate of drug-likeness (QED) is 0.766. The zero-order valence-electron chi connectivity index (χ0n) is 11.0. The Hall–Kier alpha value is -1.86. The van der Waals surface area contributed by atoms with Crippen LogP contribution < -0.4 is 10.6 Å². The first-order chi connectivity index (χ1) is 9.29. The van der Waals surface area contributed by atoms with Crippen molar-refractivity contribution < 1.29 is 4.79 Å². The first kappa shape index (κ1) is 13.6. The molecule has 2 rings (SSSR count). The molecule has 1 aromatic rings. The first-order valence-corrected chi connectivity index (χ1v) is 6.79. The summed E-state index contributed by atoms with van der Waals surface area (Å²) in [6.07, 6.45) is 3.93. The molecule has 0 spiro atoms. The lowest BCUT2D eigenvalue weighted by Gasteiger charge is -2.17. The SMILES string of the molecule is N#CCCCNCCc1ccc2c(c1)CCC(=O)N2. The standard InChI is InChI=1S/C15H19N3O/c16-8-1-2-9-17-10-7-12-3-5-14-13(11-12)4-6-15(19)18-14/h3,5,11,17H,1-2,4,6-7,9-10H2,(H,18,19). The molecule has 0 saturated heterocycles. The summed E-state index contributed by atoms with van der Waals surface area (Å²) in [5.41, 5.74) is 3.49. The van der Waals surface area contributed by atoms with Gasteiger partial charge < -0.3 is 10.6 Å². The molecule has 0 fully saturated rings. The van der Waals surface area contributed by atoms with Gasteiger partial charge in [-0.1, -0.05) is 12.1 Å². The lowest BCUT2D eigenvalue weighted by Crippen LogP contribution is -2.20. The van der Waals surface area contributed by atoms with E-state index >= 15 is 0 Å². The Kier molecular flexibility index (Phi) is 4.93. The van der Waals surface area contributed by atoms with Gasteiger partial charge in [0, 0.05) is 18.5 Å². The summed E-state index contributed by atoms with van der Waals surface area (Å²) < 4.78 is 0. The molecule has 4 heteroatoms. The average Bonchev–Trinajstić information content (AvgIpc) is 2.43. The molecule has 2 N–H and O–H groups in total. The molecule has 0 unspecified atom stereocenters. The highest BCUT2D eigenvalue weighted by Crippen LogP contribution is 2.23. The third-order valence-electron chi connectivity index (χ3n) is 3.30. The van der Waals surface area contributed by atoms with Crippen LogP contribution in [-0.2, 0) is 17.6 Å². The van der Waals surface area contributed by atoms with Crippen molar-refractivity contribution in [3.63, 3.8) is 0 Å². The summed E-state index contributed by atoms with van der Waals surface area (Å²) in [4.78, 5) is 11.3. The van der Waals surface area contributed by atoms with Gasteiger partial charge in [0.25, 0.3) is 0 Å². The van der Waals surface area contributed by atoms with E-state index < -0.39 is 0 Å². The Morgan fingerprint density at radius 3 is 3.05 bits per heavy atom.